The number of carbonyl (C=O) groups is 1. The van der Waals surface area contributed by atoms with Crippen molar-refractivity contribution in [2.45, 2.75) is 0 Å². The molecule has 17 heavy (non-hydrogen) atoms. The Morgan fingerprint density at radius 3 is 2.41 bits per heavy atom. The third-order valence-corrected chi connectivity index (χ3v) is 2.59. The van der Waals surface area contributed by atoms with Crippen molar-refractivity contribution in [2.75, 3.05) is 14.2 Å². The van der Waals surface area contributed by atoms with E-state index in [1.165, 1.54) is 13.2 Å². The molecule has 0 aliphatic heterocycles. The summed E-state index contributed by atoms with van der Waals surface area (Å²) in [5.74, 6) is 0.182. The molecule has 0 bridgehead atoms. The van der Waals surface area contributed by atoms with Gasteiger partial charge in [0.1, 0.15) is 11.5 Å². The van der Waals surface area contributed by atoms with Crippen LogP contribution < -0.4 is 9.47 Å². The van der Waals surface area contributed by atoms with Gasteiger partial charge in [0.05, 0.1) is 25.2 Å². The molecule has 1 N–H and O–H groups in total. The number of fused-ring (bicyclic) bond motifs is 1. The highest BCUT2D eigenvalue weighted by atomic mass is 16.5. The average molecular weight is 232 g/mol. The van der Waals surface area contributed by atoms with Crippen LogP contribution in [0.3, 0.4) is 0 Å². The molecule has 0 spiro atoms. The van der Waals surface area contributed by atoms with Crippen LogP contribution in [0.15, 0.2) is 30.3 Å². The van der Waals surface area contributed by atoms with E-state index in [0.29, 0.717) is 11.5 Å². The Balaban J connectivity index is 2.81. The van der Waals surface area contributed by atoms with Gasteiger partial charge in [-0.2, -0.15) is 0 Å². The van der Waals surface area contributed by atoms with Crippen LogP contribution in [0.4, 0.5) is 0 Å². The highest BCUT2D eigenvalue weighted by molar-refractivity contribution is 6.00. The van der Waals surface area contributed by atoms with E-state index < -0.39 is 5.97 Å². The molecule has 4 nitrogen and oxygen atoms in total. The number of aromatic carboxylic acids is 1. The summed E-state index contributed by atoms with van der Waals surface area (Å²) in [5.41, 5.74) is 0.197. The van der Waals surface area contributed by atoms with E-state index in [-0.39, 0.29) is 5.56 Å². The van der Waals surface area contributed by atoms with Crippen molar-refractivity contribution in [3.63, 3.8) is 0 Å². The van der Waals surface area contributed by atoms with E-state index in [1.54, 1.807) is 13.2 Å². The SMILES string of the molecule is COc1cccc2cc(C(=O)O)cc(OC)c12. The zero-order valence-electron chi connectivity index (χ0n) is 9.56. The van der Waals surface area contributed by atoms with Gasteiger partial charge in [-0.3, -0.25) is 0 Å². The van der Waals surface area contributed by atoms with Crippen molar-refractivity contribution in [1.29, 1.82) is 0 Å². The van der Waals surface area contributed by atoms with Crippen LogP contribution in [0.5, 0.6) is 11.5 Å². The van der Waals surface area contributed by atoms with Crippen molar-refractivity contribution in [2.24, 2.45) is 0 Å². The van der Waals surface area contributed by atoms with Gasteiger partial charge in [-0.15, -0.1) is 0 Å². The van der Waals surface area contributed by atoms with Crippen LogP contribution in [-0.2, 0) is 0 Å². The maximum Gasteiger partial charge on any atom is 0.335 e. The van der Waals surface area contributed by atoms with Gasteiger partial charge in [-0.25, -0.2) is 4.79 Å². The molecule has 2 rings (SSSR count). The van der Waals surface area contributed by atoms with E-state index in [0.717, 1.165) is 10.8 Å². The summed E-state index contributed by atoms with van der Waals surface area (Å²) >= 11 is 0. The van der Waals surface area contributed by atoms with E-state index >= 15 is 0 Å². The minimum Gasteiger partial charge on any atom is -0.496 e. The second-order valence-electron chi connectivity index (χ2n) is 3.54. The molecule has 2 aromatic rings. The minimum absolute atomic E-state index is 0.197. The molecule has 0 radical (unpaired) electrons. The third-order valence-electron chi connectivity index (χ3n) is 2.59. The lowest BCUT2D eigenvalue weighted by Gasteiger charge is -2.10. The van der Waals surface area contributed by atoms with E-state index in [9.17, 15) is 4.79 Å². The Bertz CT molecular complexity index is 575. The van der Waals surface area contributed by atoms with E-state index in [2.05, 4.69) is 0 Å². The first-order valence-corrected chi connectivity index (χ1v) is 5.05. The van der Waals surface area contributed by atoms with Gasteiger partial charge in [0.25, 0.3) is 0 Å². The molecule has 88 valence electrons. The van der Waals surface area contributed by atoms with E-state index in [4.69, 9.17) is 14.6 Å². The van der Waals surface area contributed by atoms with Gasteiger partial charge in [0, 0.05) is 0 Å². The molecular weight excluding hydrogens is 220 g/mol. The first kappa shape index (κ1) is 11.3. The quantitative estimate of drug-likeness (QED) is 0.883. The Morgan fingerprint density at radius 2 is 1.82 bits per heavy atom. The molecule has 4 heteroatoms. The maximum absolute atomic E-state index is 11.0. The van der Waals surface area contributed by atoms with Gasteiger partial charge < -0.3 is 14.6 Å². The summed E-state index contributed by atoms with van der Waals surface area (Å²) in [5, 5.41) is 10.6. The second kappa shape index (κ2) is 4.33. The summed E-state index contributed by atoms with van der Waals surface area (Å²) in [6.07, 6.45) is 0. The van der Waals surface area contributed by atoms with Crippen LogP contribution in [0.2, 0.25) is 0 Å². The molecule has 0 aromatic heterocycles. The molecular formula is C13H12O4. The topological polar surface area (TPSA) is 55.8 Å². The van der Waals surface area contributed by atoms with Crippen molar-refractivity contribution >= 4 is 16.7 Å². The van der Waals surface area contributed by atoms with E-state index in [1.807, 2.05) is 18.2 Å². The number of benzene rings is 2. The highest BCUT2D eigenvalue weighted by Gasteiger charge is 2.12. The van der Waals surface area contributed by atoms with Crippen molar-refractivity contribution in [1.82, 2.24) is 0 Å². The first-order chi connectivity index (χ1) is 8.17. The average Bonchev–Trinajstić information content (AvgIpc) is 2.36. The molecule has 0 saturated carbocycles. The number of ether oxygens (including phenoxy) is 2. The van der Waals surface area contributed by atoms with Crippen LogP contribution in [-0.4, -0.2) is 25.3 Å². The van der Waals surface area contributed by atoms with Gasteiger partial charge in [-0.05, 0) is 23.6 Å². The summed E-state index contributed by atoms with van der Waals surface area (Å²) < 4.78 is 10.5. The van der Waals surface area contributed by atoms with Crippen LogP contribution in [0, 0.1) is 0 Å². The van der Waals surface area contributed by atoms with Crippen molar-refractivity contribution in [3.05, 3.63) is 35.9 Å². The number of carboxylic acid groups (broad SMARTS) is 1. The third kappa shape index (κ3) is 1.89. The Hall–Kier alpha value is -2.23. The van der Waals surface area contributed by atoms with Crippen LogP contribution in [0.1, 0.15) is 10.4 Å². The molecule has 0 saturated heterocycles. The van der Waals surface area contributed by atoms with Crippen LogP contribution >= 0.6 is 0 Å². The number of hydrogen-bond donors (Lipinski definition) is 1. The highest BCUT2D eigenvalue weighted by Crippen LogP contribution is 2.34. The smallest absolute Gasteiger partial charge is 0.335 e. The molecule has 2 aromatic carbocycles. The summed E-state index contributed by atoms with van der Waals surface area (Å²) in [6, 6.07) is 8.54. The molecule has 0 heterocycles. The monoisotopic (exact) mass is 232 g/mol. The van der Waals surface area contributed by atoms with Gasteiger partial charge in [-0.1, -0.05) is 12.1 Å². The number of hydrogen-bond acceptors (Lipinski definition) is 3. The Kier molecular flexibility index (Phi) is 2.87. The lowest BCUT2D eigenvalue weighted by atomic mass is 10.0. The predicted molar refractivity (Wildman–Crippen MR) is 64.0 cm³/mol. The predicted octanol–water partition coefficient (Wildman–Crippen LogP) is 2.56. The van der Waals surface area contributed by atoms with Crippen LogP contribution in [0.25, 0.3) is 10.8 Å². The molecule has 0 aliphatic rings. The van der Waals surface area contributed by atoms with Crippen molar-refractivity contribution in [3.8, 4) is 11.5 Å². The summed E-state index contributed by atoms with van der Waals surface area (Å²) in [6.45, 7) is 0. The molecule has 0 unspecified atom stereocenters. The summed E-state index contributed by atoms with van der Waals surface area (Å²) in [4.78, 5) is 11.0. The molecule has 0 fully saturated rings. The summed E-state index contributed by atoms with van der Waals surface area (Å²) in [7, 11) is 3.08. The zero-order valence-corrected chi connectivity index (χ0v) is 9.56. The standard InChI is InChI=1S/C13H12O4/c1-16-10-5-3-4-8-6-9(13(14)15)7-11(17-2)12(8)10/h3-7H,1-2H3,(H,14,15). The lowest BCUT2D eigenvalue weighted by Crippen LogP contribution is -1.98. The Morgan fingerprint density at radius 1 is 1.12 bits per heavy atom. The fraction of sp³-hybridized carbons (Fsp3) is 0.154. The lowest BCUT2D eigenvalue weighted by molar-refractivity contribution is 0.0696. The maximum atomic E-state index is 11.0. The molecule has 0 aliphatic carbocycles. The first-order valence-electron chi connectivity index (χ1n) is 5.05. The fourth-order valence-electron chi connectivity index (χ4n) is 1.81. The number of methoxy groups -OCH3 is 2. The van der Waals surface area contributed by atoms with Crippen molar-refractivity contribution < 1.29 is 19.4 Å². The zero-order chi connectivity index (χ0) is 12.4. The largest absolute Gasteiger partial charge is 0.496 e. The Labute approximate surface area is 98.4 Å². The normalized spacial score (nSPS) is 10.2. The minimum atomic E-state index is -0.979. The number of carboxylic acids is 1. The molecule has 0 amide bonds. The number of rotatable bonds is 3. The molecule has 0 atom stereocenters. The van der Waals surface area contributed by atoms with Gasteiger partial charge >= 0.3 is 5.97 Å². The van der Waals surface area contributed by atoms with Gasteiger partial charge in [0.15, 0.2) is 0 Å². The second-order valence-corrected chi connectivity index (χ2v) is 3.54. The fourth-order valence-corrected chi connectivity index (χ4v) is 1.81. The van der Waals surface area contributed by atoms with Gasteiger partial charge in [0.2, 0.25) is 0 Å².